The van der Waals surface area contributed by atoms with Crippen LogP contribution < -0.4 is 5.32 Å². The molecule has 1 aliphatic carbocycles. The van der Waals surface area contributed by atoms with Crippen molar-refractivity contribution in [3.05, 3.63) is 0 Å². The summed E-state index contributed by atoms with van der Waals surface area (Å²) in [5, 5.41) is 11.5. The minimum atomic E-state index is -0.842. The van der Waals surface area contributed by atoms with Crippen LogP contribution in [-0.2, 0) is 9.59 Å². The number of aliphatic carboxylic acids is 1. The van der Waals surface area contributed by atoms with E-state index in [0.717, 1.165) is 6.54 Å². The highest BCUT2D eigenvalue weighted by Crippen LogP contribution is 2.30. The molecule has 2 fully saturated rings. The van der Waals surface area contributed by atoms with E-state index in [9.17, 15) is 9.59 Å². The number of hydrogen-bond donors (Lipinski definition) is 2. The van der Waals surface area contributed by atoms with Crippen molar-refractivity contribution in [1.29, 1.82) is 0 Å². The molecule has 14 heavy (non-hydrogen) atoms. The van der Waals surface area contributed by atoms with Gasteiger partial charge in [0.15, 0.2) is 0 Å². The van der Waals surface area contributed by atoms with Crippen molar-refractivity contribution in [2.45, 2.75) is 18.9 Å². The predicted molar refractivity (Wildman–Crippen MR) is 48.7 cm³/mol. The molecule has 1 saturated heterocycles. The van der Waals surface area contributed by atoms with Crippen molar-refractivity contribution in [1.82, 2.24) is 10.2 Å². The average molecular weight is 198 g/mol. The number of carboxylic acid groups (broad SMARTS) is 1. The van der Waals surface area contributed by atoms with Crippen LogP contribution in [0.5, 0.6) is 0 Å². The van der Waals surface area contributed by atoms with Crippen LogP contribution in [0.1, 0.15) is 12.8 Å². The topological polar surface area (TPSA) is 69.6 Å². The van der Waals surface area contributed by atoms with Crippen molar-refractivity contribution in [2.24, 2.45) is 5.92 Å². The van der Waals surface area contributed by atoms with E-state index < -0.39 is 12.0 Å². The highest BCUT2D eigenvalue weighted by molar-refractivity contribution is 5.83. The number of piperazine rings is 1. The van der Waals surface area contributed by atoms with Gasteiger partial charge in [0.1, 0.15) is 6.04 Å². The Balaban J connectivity index is 1.98. The Bertz CT molecular complexity index is 263. The van der Waals surface area contributed by atoms with E-state index in [1.807, 2.05) is 0 Å². The maximum atomic E-state index is 11.1. The lowest BCUT2D eigenvalue weighted by Gasteiger charge is -2.32. The van der Waals surface area contributed by atoms with Gasteiger partial charge in [-0.3, -0.25) is 14.5 Å². The van der Waals surface area contributed by atoms with Crippen LogP contribution in [0.15, 0.2) is 0 Å². The summed E-state index contributed by atoms with van der Waals surface area (Å²) in [5.74, 6) is -0.295. The first-order valence-corrected chi connectivity index (χ1v) is 4.90. The van der Waals surface area contributed by atoms with Crippen molar-refractivity contribution >= 4 is 11.9 Å². The standard InChI is InChI=1S/C9H14N2O3/c12-8-5-11(4-6-1-2-6)7(3-10-8)9(13)14/h6-7H,1-5H2,(H,10,12)(H,13,14). The molecular weight excluding hydrogens is 184 g/mol. The van der Waals surface area contributed by atoms with Crippen molar-refractivity contribution in [3.63, 3.8) is 0 Å². The number of amides is 1. The molecule has 0 aromatic rings. The maximum absolute atomic E-state index is 11.1. The van der Waals surface area contributed by atoms with Gasteiger partial charge in [0.2, 0.25) is 5.91 Å². The molecule has 0 bridgehead atoms. The fourth-order valence-corrected chi connectivity index (χ4v) is 1.76. The molecule has 5 heteroatoms. The molecule has 0 spiro atoms. The van der Waals surface area contributed by atoms with E-state index in [-0.39, 0.29) is 19.0 Å². The van der Waals surface area contributed by atoms with Gasteiger partial charge >= 0.3 is 5.97 Å². The number of carbonyl (C=O) groups excluding carboxylic acids is 1. The molecule has 1 aliphatic heterocycles. The molecule has 2 N–H and O–H groups in total. The molecule has 1 atom stereocenters. The summed E-state index contributed by atoms with van der Waals surface area (Å²) in [6, 6.07) is -0.534. The number of carboxylic acids is 1. The van der Waals surface area contributed by atoms with Crippen LogP contribution in [-0.4, -0.2) is 47.6 Å². The smallest absolute Gasteiger partial charge is 0.322 e. The molecular formula is C9H14N2O3. The van der Waals surface area contributed by atoms with E-state index in [1.54, 1.807) is 4.90 Å². The zero-order valence-corrected chi connectivity index (χ0v) is 7.90. The predicted octanol–water partition coefficient (Wildman–Crippen LogP) is -0.719. The Hall–Kier alpha value is -1.10. The highest BCUT2D eigenvalue weighted by atomic mass is 16.4. The maximum Gasteiger partial charge on any atom is 0.322 e. The number of hydrogen-bond acceptors (Lipinski definition) is 3. The first-order chi connectivity index (χ1) is 6.66. The fraction of sp³-hybridized carbons (Fsp3) is 0.778. The molecule has 1 unspecified atom stereocenters. The van der Waals surface area contributed by atoms with Gasteiger partial charge in [-0.25, -0.2) is 0 Å². The Morgan fingerprint density at radius 3 is 2.86 bits per heavy atom. The molecule has 1 heterocycles. The van der Waals surface area contributed by atoms with Gasteiger partial charge in [-0.1, -0.05) is 0 Å². The Morgan fingerprint density at radius 1 is 1.57 bits per heavy atom. The minimum Gasteiger partial charge on any atom is -0.480 e. The van der Waals surface area contributed by atoms with Crippen LogP contribution in [0, 0.1) is 5.92 Å². The number of nitrogens with zero attached hydrogens (tertiary/aromatic N) is 1. The molecule has 0 aromatic carbocycles. The Kier molecular flexibility index (Phi) is 2.41. The number of nitrogens with one attached hydrogen (secondary N) is 1. The molecule has 1 saturated carbocycles. The third-order valence-corrected chi connectivity index (χ3v) is 2.75. The quantitative estimate of drug-likeness (QED) is 0.628. The van der Waals surface area contributed by atoms with Gasteiger partial charge in [0.25, 0.3) is 0 Å². The van der Waals surface area contributed by atoms with E-state index in [0.29, 0.717) is 5.92 Å². The molecule has 1 amide bonds. The molecule has 5 nitrogen and oxygen atoms in total. The van der Waals surface area contributed by atoms with Gasteiger partial charge in [-0.05, 0) is 18.8 Å². The third-order valence-electron chi connectivity index (χ3n) is 2.75. The largest absolute Gasteiger partial charge is 0.480 e. The average Bonchev–Trinajstić information content (AvgIpc) is 2.87. The molecule has 0 radical (unpaired) electrons. The Labute approximate surface area is 82.1 Å². The highest BCUT2D eigenvalue weighted by Gasteiger charge is 2.35. The molecule has 0 aromatic heterocycles. The minimum absolute atomic E-state index is 0.0665. The normalized spacial score (nSPS) is 28.6. The summed E-state index contributed by atoms with van der Waals surface area (Å²) in [5.41, 5.74) is 0. The van der Waals surface area contributed by atoms with E-state index in [2.05, 4.69) is 5.32 Å². The van der Waals surface area contributed by atoms with Crippen LogP contribution in [0.3, 0.4) is 0 Å². The molecule has 2 rings (SSSR count). The second-order valence-electron chi connectivity index (χ2n) is 4.03. The zero-order chi connectivity index (χ0) is 10.1. The summed E-state index contributed by atoms with van der Waals surface area (Å²) in [4.78, 5) is 23.8. The monoisotopic (exact) mass is 198 g/mol. The van der Waals surface area contributed by atoms with E-state index >= 15 is 0 Å². The van der Waals surface area contributed by atoms with Gasteiger partial charge in [0.05, 0.1) is 6.54 Å². The summed E-state index contributed by atoms with van der Waals surface area (Å²) in [6.07, 6.45) is 2.34. The lowest BCUT2D eigenvalue weighted by atomic mass is 10.1. The van der Waals surface area contributed by atoms with Crippen LogP contribution >= 0.6 is 0 Å². The third kappa shape index (κ3) is 2.04. The van der Waals surface area contributed by atoms with Crippen LogP contribution in [0.4, 0.5) is 0 Å². The van der Waals surface area contributed by atoms with Gasteiger partial charge in [-0.2, -0.15) is 0 Å². The van der Waals surface area contributed by atoms with E-state index in [1.165, 1.54) is 12.8 Å². The van der Waals surface area contributed by atoms with Crippen molar-refractivity contribution < 1.29 is 14.7 Å². The summed E-state index contributed by atoms with van der Waals surface area (Å²) >= 11 is 0. The fourth-order valence-electron chi connectivity index (χ4n) is 1.76. The van der Waals surface area contributed by atoms with Gasteiger partial charge in [0, 0.05) is 13.1 Å². The first kappa shape index (κ1) is 9.45. The second-order valence-corrected chi connectivity index (χ2v) is 4.03. The molecule has 78 valence electrons. The SMILES string of the molecule is O=C1CN(CC2CC2)C(C(=O)O)CN1. The van der Waals surface area contributed by atoms with E-state index in [4.69, 9.17) is 5.11 Å². The molecule has 2 aliphatic rings. The lowest BCUT2D eigenvalue weighted by molar-refractivity contribution is -0.146. The summed E-state index contributed by atoms with van der Waals surface area (Å²) < 4.78 is 0. The first-order valence-electron chi connectivity index (χ1n) is 4.90. The Morgan fingerprint density at radius 2 is 2.29 bits per heavy atom. The summed E-state index contributed by atoms with van der Waals surface area (Å²) in [6.45, 7) is 1.22. The van der Waals surface area contributed by atoms with Crippen LogP contribution in [0.25, 0.3) is 0 Å². The summed E-state index contributed by atoms with van der Waals surface area (Å²) in [7, 11) is 0. The number of carbonyl (C=O) groups is 2. The van der Waals surface area contributed by atoms with Crippen molar-refractivity contribution in [3.8, 4) is 0 Å². The van der Waals surface area contributed by atoms with Gasteiger partial charge in [-0.15, -0.1) is 0 Å². The lowest BCUT2D eigenvalue weighted by Crippen LogP contribution is -2.57. The number of rotatable bonds is 3. The van der Waals surface area contributed by atoms with Crippen molar-refractivity contribution in [2.75, 3.05) is 19.6 Å². The second kappa shape index (κ2) is 3.57. The zero-order valence-electron chi connectivity index (χ0n) is 7.90. The van der Waals surface area contributed by atoms with Crippen LogP contribution in [0.2, 0.25) is 0 Å². The van der Waals surface area contributed by atoms with Gasteiger partial charge < -0.3 is 10.4 Å².